The van der Waals surface area contributed by atoms with E-state index in [1.165, 1.54) is 19.6 Å². The van der Waals surface area contributed by atoms with Crippen molar-refractivity contribution in [3.63, 3.8) is 0 Å². The van der Waals surface area contributed by atoms with Crippen molar-refractivity contribution in [1.82, 2.24) is 14.7 Å². The third-order valence-corrected chi connectivity index (χ3v) is 5.09. The predicted molar refractivity (Wildman–Crippen MR) is 87.6 cm³/mol. The monoisotopic (exact) mass is 298 g/mol. The fraction of sp³-hybridized carbons (Fsp3) is 1.00. The number of likely N-dealkylation sites (N-methyl/N-ethyl adjacent to an activating group) is 1. The van der Waals surface area contributed by atoms with Gasteiger partial charge in [0.15, 0.2) is 0 Å². The standard InChI is InChI=1S/C16H34N4O/c1-14-11-16(13-17,12-15(2)21-14)20-9-7-19(8-10-20)6-5-18(3)4/h14-15H,5-13,17H2,1-4H3. The van der Waals surface area contributed by atoms with Crippen molar-refractivity contribution >= 4 is 0 Å². The van der Waals surface area contributed by atoms with E-state index in [9.17, 15) is 0 Å². The van der Waals surface area contributed by atoms with Crippen LogP contribution in [-0.2, 0) is 4.74 Å². The van der Waals surface area contributed by atoms with E-state index in [1.54, 1.807) is 0 Å². The Labute approximate surface area is 130 Å². The lowest BCUT2D eigenvalue weighted by molar-refractivity contribution is -0.111. The molecule has 0 aromatic rings. The van der Waals surface area contributed by atoms with Crippen LogP contribution in [0.1, 0.15) is 26.7 Å². The van der Waals surface area contributed by atoms with Crippen LogP contribution in [-0.4, -0.2) is 92.4 Å². The van der Waals surface area contributed by atoms with Crippen LogP contribution in [0, 0.1) is 0 Å². The molecule has 5 heteroatoms. The topological polar surface area (TPSA) is 45.0 Å². The third kappa shape index (κ3) is 4.39. The summed E-state index contributed by atoms with van der Waals surface area (Å²) < 4.78 is 5.92. The van der Waals surface area contributed by atoms with Gasteiger partial charge in [-0.3, -0.25) is 9.80 Å². The van der Waals surface area contributed by atoms with Crippen molar-refractivity contribution < 1.29 is 4.74 Å². The van der Waals surface area contributed by atoms with Crippen molar-refractivity contribution in [2.24, 2.45) is 5.73 Å². The van der Waals surface area contributed by atoms with Gasteiger partial charge in [-0.15, -0.1) is 0 Å². The lowest BCUT2D eigenvalue weighted by atomic mass is 9.82. The van der Waals surface area contributed by atoms with Crippen LogP contribution < -0.4 is 5.73 Å². The zero-order valence-corrected chi connectivity index (χ0v) is 14.3. The molecule has 0 bridgehead atoms. The molecule has 0 radical (unpaired) electrons. The second kappa shape index (κ2) is 7.38. The average Bonchev–Trinajstić information content (AvgIpc) is 2.44. The van der Waals surface area contributed by atoms with Gasteiger partial charge in [0.05, 0.1) is 12.2 Å². The summed E-state index contributed by atoms with van der Waals surface area (Å²) in [6.45, 7) is 12.1. The van der Waals surface area contributed by atoms with E-state index in [4.69, 9.17) is 10.5 Å². The molecule has 21 heavy (non-hydrogen) atoms. The molecule has 2 atom stereocenters. The number of rotatable bonds is 5. The van der Waals surface area contributed by atoms with Crippen LogP contribution in [0.2, 0.25) is 0 Å². The largest absolute Gasteiger partial charge is 0.375 e. The van der Waals surface area contributed by atoms with Crippen LogP contribution >= 0.6 is 0 Å². The minimum Gasteiger partial charge on any atom is -0.375 e. The highest BCUT2D eigenvalue weighted by Gasteiger charge is 2.42. The van der Waals surface area contributed by atoms with Gasteiger partial charge in [-0.2, -0.15) is 0 Å². The molecule has 0 amide bonds. The van der Waals surface area contributed by atoms with Crippen molar-refractivity contribution in [2.45, 2.75) is 44.4 Å². The molecule has 2 aliphatic heterocycles. The summed E-state index contributed by atoms with van der Waals surface area (Å²) in [5, 5.41) is 0. The fourth-order valence-electron chi connectivity index (χ4n) is 3.99. The van der Waals surface area contributed by atoms with Crippen LogP contribution in [0.25, 0.3) is 0 Å². The van der Waals surface area contributed by atoms with Crippen molar-refractivity contribution in [1.29, 1.82) is 0 Å². The first kappa shape index (κ1) is 17.2. The Morgan fingerprint density at radius 2 is 1.67 bits per heavy atom. The third-order valence-electron chi connectivity index (χ3n) is 5.09. The Bertz CT molecular complexity index is 305. The molecule has 0 aromatic carbocycles. The molecule has 2 rings (SSSR count). The lowest BCUT2D eigenvalue weighted by Gasteiger charge is -2.52. The minimum absolute atomic E-state index is 0.157. The summed E-state index contributed by atoms with van der Waals surface area (Å²) in [5.41, 5.74) is 6.37. The number of hydrogen-bond donors (Lipinski definition) is 1. The average molecular weight is 298 g/mol. The molecule has 0 aromatic heterocycles. The van der Waals surface area contributed by atoms with E-state index in [1.807, 2.05) is 0 Å². The molecule has 0 spiro atoms. The molecule has 124 valence electrons. The Kier molecular flexibility index (Phi) is 6.03. The van der Waals surface area contributed by atoms with Crippen LogP contribution in [0.5, 0.6) is 0 Å². The number of ether oxygens (including phenoxy) is 1. The highest BCUT2D eigenvalue weighted by Crippen LogP contribution is 2.34. The summed E-state index contributed by atoms with van der Waals surface area (Å²) in [4.78, 5) is 7.48. The van der Waals surface area contributed by atoms with Gasteiger partial charge < -0.3 is 15.4 Å². The molecule has 2 aliphatic rings. The lowest BCUT2D eigenvalue weighted by Crippen LogP contribution is -2.64. The van der Waals surface area contributed by atoms with Crippen LogP contribution in [0.3, 0.4) is 0 Å². The molecule has 2 saturated heterocycles. The van der Waals surface area contributed by atoms with Gasteiger partial charge in [-0.1, -0.05) is 0 Å². The second-order valence-electron chi connectivity index (χ2n) is 7.23. The number of hydrogen-bond acceptors (Lipinski definition) is 5. The van der Waals surface area contributed by atoms with E-state index in [2.05, 4.69) is 42.6 Å². The summed E-state index contributed by atoms with van der Waals surface area (Å²) >= 11 is 0. The molecule has 2 unspecified atom stereocenters. The highest BCUT2D eigenvalue weighted by atomic mass is 16.5. The molecule has 2 heterocycles. The Morgan fingerprint density at radius 3 is 2.14 bits per heavy atom. The predicted octanol–water partition coefficient (Wildman–Crippen LogP) is 0.451. The summed E-state index contributed by atoms with van der Waals surface area (Å²) in [7, 11) is 4.29. The molecule has 2 N–H and O–H groups in total. The quantitative estimate of drug-likeness (QED) is 0.798. The summed E-state index contributed by atoms with van der Waals surface area (Å²) in [6, 6.07) is 0. The van der Waals surface area contributed by atoms with Gasteiger partial charge in [-0.05, 0) is 40.8 Å². The Morgan fingerprint density at radius 1 is 1.10 bits per heavy atom. The number of piperazine rings is 1. The molecule has 2 fully saturated rings. The highest BCUT2D eigenvalue weighted by molar-refractivity contribution is 4.99. The Hall–Kier alpha value is -0.200. The van der Waals surface area contributed by atoms with Crippen molar-refractivity contribution in [3.05, 3.63) is 0 Å². The van der Waals surface area contributed by atoms with Gasteiger partial charge in [0.25, 0.3) is 0 Å². The van der Waals surface area contributed by atoms with E-state index >= 15 is 0 Å². The van der Waals surface area contributed by atoms with Gasteiger partial charge in [0, 0.05) is 51.4 Å². The smallest absolute Gasteiger partial charge is 0.0568 e. The number of nitrogens with two attached hydrogens (primary N) is 1. The second-order valence-corrected chi connectivity index (χ2v) is 7.23. The maximum Gasteiger partial charge on any atom is 0.0568 e. The van der Waals surface area contributed by atoms with Gasteiger partial charge in [0.2, 0.25) is 0 Å². The maximum absolute atomic E-state index is 6.21. The SMILES string of the molecule is CC1CC(CN)(N2CCN(CCN(C)C)CC2)CC(C)O1. The normalized spacial score (nSPS) is 36.3. The first-order chi connectivity index (χ1) is 9.95. The minimum atomic E-state index is 0.157. The zero-order chi connectivity index (χ0) is 15.5. The molecule has 5 nitrogen and oxygen atoms in total. The van der Waals surface area contributed by atoms with Crippen molar-refractivity contribution in [3.8, 4) is 0 Å². The first-order valence-electron chi connectivity index (χ1n) is 8.43. The van der Waals surface area contributed by atoms with E-state index in [0.717, 1.165) is 39.0 Å². The van der Waals surface area contributed by atoms with Crippen LogP contribution in [0.4, 0.5) is 0 Å². The zero-order valence-electron chi connectivity index (χ0n) is 14.3. The van der Waals surface area contributed by atoms with E-state index in [-0.39, 0.29) is 5.54 Å². The first-order valence-corrected chi connectivity index (χ1v) is 8.43. The van der Waals surface area contributed by atoms with Gasteiger partial charge >= 0.3 is 0 Å². The van der Waals surface area contributed by atoms with Gasteiger partial charge in [0.1, 0.15) is 0 Å². The molecular formula is C16H34N4O. The summed E-state index contributed by atoms with van der Waals surface area (Å²) in [6.07, 6.45) is 2.80. The van der Waals surface area contributed by atoms with Crippen LogP contribution in [0.15, 0.2) is 0 Å². The van der Waals surface area contributed by atoms with E-state index < -0.39 is 0 Å². The fourth-order valence-corrected chi connectivity index (χ4v) is 3.99. The van der Waals surface area contributed by atoms with E-state index in [0.29, 0.717) is 12.2 Å². The summed E-state index contributed by atoms with van der Waals surface area (Å²) in [5.74, 6) is 0. The Balaban J connectivity index is 1.90. The van der Waals surface area contributed by atoms with Gasteiger partial charge in [-0.25, -0.2) is 0 Å². The number of nitrogens with zero attached hydrogens (tertiary/aromatic N) is 3. The molecule has 0 aliphatic carbocycles. The molecular weight excluding hydrogens is 264 g/mol. The van der Waals surface area contributed by atoms with Crippen molar-refractivity contribution in [2.75, 3.05) is 59.9 Å². The maximum atomic E-state index is 6.21. The molecule has 0 saturated carbocycles.